The number of rotatable bonds is 7. The fraction of sp³-hybridized carbons (Fsp3) is 0.762. The van der Waals surface area contributed by atoms with Gasteiger partial charge in [-0.05, 0) is 62.5 Å². The number of primary amides is 1. The van der Waals surface area contributed by atoms with Crippen LogP contribution in [-0.2, 0) is 4.79 Å². The van der Waals surface area contributed by atoms with E-state index in [0.717, 1.165) is 19.3 Å². The molecule has 30 heavy (non-hydrogen) atoms. The van der Waals surface area contributed by atoms with Gasteiger partial charge in [0.25, 0.3) is 11.8 Å². The number of aromatic nitrogens is 2. The maximum atomic E-state index is 13.1. The Morgan fingerprint density at radius 3 is 2.17 bits per heavy atom. The first kappa shape index (κ1) is 20.3. The van der Waals surface area contributed by atoms with Gasteiger partial charge in [-0.1, -0.05) is 11.8 Å². The van der Waals surface area contributed by atoms with Crippen molar-refractivity contribution in [2.45, 2.75) is 74.7 Å². The summed E-state index contributed by atoms with van der Waals surface area (Å²) in [6, 6.07) is 1.49. The van der Waals surface area contributed by atoms with Gasteiger partial charge in [-0.2, -0.15) is 9.97 Å². The molecule has 1 aromatic heterocycles. The molecule has 2 N–H and O–H groups in total. The summed E-state index contributed by atoms with van der Waals surface area (Å²) in [5, 5.41) is 0.405. The van der Waals surface area contributed by atoms with Crippen molar-refractivity contribution in [3.63, 3.8) is 0 Å². The van der Waals surface area contributed by atoms with Gasteiger partial charge in [0, 0.05) is 18.3 Å². The van der Waals surface area contributed by atoms with Crippen LogP contribution in [0, 0.1) is 23.2 Å². The number of hydrogen-bond donors (Lipinski definition) is 1. The fourth-order valence-corrected chi connectivity index (χ4v) is 6.92. The second-order valence-electron chi connectivity index (χ2n) is 9.72. The van der Waals surface area contributed by atoms with Crippen molar-refractivity contribution < 1.29 is 23.0 Å². The van der Waals surface area contributed by atoms with Crippen LogP contribution in [-0.4, -0.2) is 40.3 Å². The summed E-state index contributed by atoms with van der Waals surface area (Å²) in [5.41, 5.74) is 5.59. The Kier molecular flexibility index (Phi) is 4.87. The minimum atomic E-state index is -2.67. The summed E-state index contributed by atoms with van der Waals surface area (Å²) < 4.78 is 38.1. The Morgan fingerprint density at radius 1 is 1.10 bits per heavy atom. The van der Waals surface area contributed by atoms with E-state index in [2.05, 4.69) is 9.97 Å². The minimum Gasteiger partial charge on any atom is -0.474 e. The number of amides is 1. The number of halogens is 2. The van der Waals surface area contributed by atoms with Crippen LogP contribution in [0.15, 0.2) is 11.2 Å². The van der Waals surface area contributed by atoms with Crippen LogP contribution in [0.1, 0.15) is 51.4 Å². The normalized spacial score (nSPS) is 35.0. The van der Waals surface area contributed by atoms with E-state index >= 15 is 0 Å². The Bertz CT molecular complexity index is 810. The van der Waals surface area contributed by atoms with Crippen LogP contribution in [0.2, 0.25) is 0 Å². The van der Waals surface area contributed by atoms with E-state index in [4.69, 9.17) is 15.2 Å². The average molecular weight is 440 g/mol. The van der Waals surface area contributed by atoms with Gasteiger partial charge in [-0.15, -0.1) is 0 Å². The summed E-state index contributed by atoms with van der Waals surface area (Å²) in [5.74, 6) is -0.792. The standard InChI is InChI=1S/C21H27F2N3O3S/c1-30-19-25-15(28-14-9-21(22,23)10-14)5-16(26-19)29-17(18(24)27)20-6-11-2-12(7-20)4-13(3-11)8-20/h5,11-14,17H,2-4,6-10H2,1H3,(H2,24,27). The van der Waals surface area contributed by atoms with Gasteiger partial charge < -0.3 is 15.2 Å². The van der Waals surface area contributed by atoms with Crippen LogP contribution in [0.25, 0.3) is 0 Å². The molecule has 0 aromatic carbocycles. The maximum absolute atomic E-state index is 13.1. The average Bonchev–Trinajstić information content (AvgIpc) is 2.63. The van der Waals surface area contributed by atoms with Crippen molar-refractivity contribution in [1.82, 2.24) is 9.97 Å². The third-order valence-corrected chi connectivity index (χ3v) is 7.87. The number of hydrogen-bond acceptors (Lipinski definition) is 6. The van der Waals surface area contributed by atoms with Gasteiger partial charge >= 0.3 is 0 Å². The van der Waals surface area contributed by atoms with E-state index in [0.29, 0.717) is 22.9 Å². The molecule has 0 saturated heterocycles. The second-order valence-corrected chi connectivity index (χ2v) is 10.5. The quantitative estimate of drug-likeness (QED) is 0.513. The molecule has 6 nitrogen and oxygen atoms in total. The zero-order valence-electron chi connectivity index (χ0n) is 17.0. The molecule has 4 bridgehead atoms. The molecule has 1 unspecified atom stereocenters. The highest BCUT2D eigenvalue weighted by molar-refractivity contribution is 7.98. The molecule has 5 saturated carbocycles. The smallest absolute Gasteiger partial charge is 0.259 e. The first-order valence-electron chi connectivity index (χ1n) is 10.7. The molecule has 6 rings (SSSR count). The number of thioether (sulfide) groups is 1. The van der Waals surface area contributed by atoms with Crippen molar-refractivity contribution in [3.05, 3.63) is 6.07 Å². The third-order valence-electron chi connectivity index (χ3n) is 7.32. The van der Waals surface area contributed by atoms with Crippen molar-refractivity contribution >= 4 is 17.7 Å². The van der Waals surface area contributed by atoms with Gasteiger partial charge in [0.05, 0.1) is 6.07 Å². The lowest BCUT2D eigenvalue weighted by molar-refractivity contribution is -0.148. The summed E-state index contributed by atoms with van der Waals surface area (Å²) in [6.07, 6.45) is 6.48. The fourth-order valence-electron chi connectivity index (χ4n) is 6.56. The molecule has 1 amide bonds. The Hall–Kier alpha value is -1.64. The highest BCUT2D eigenvalue weighted by Crippen LogP contribution is 2.61. The predicted molar refractivity (Wildman–Crippen MR) is 107 cm³/mol. The molecule has 1 atom stereocenters. The zero-order chi connectivity index (χ0) is 21.1. The largest absolute Gasteiger partial charge is 0.474 e. The monoisotopic (exact) mass is 439 g/mol. The topological polar surface area (TPSA) is 87.3 Å². The molecule has 9 heteroatoms. The Labute approximate surface area is 178 Å². The zero-order valence-corrected chi connectivity index (χ0v) is 17.8. The molecular weight excluding hydrogens is 412 g/mol. The van der Waals surface area contributed by atoms with E-state index in [1.54, 1.807) is 0 Å². The molecular formula is C21H27F2N3O3S. The van der Waals surface area contributed by atoms with Gasteiger partial charge in [0.2, 0.25) is 11.8 Å². The molecule has 5 aliphatic rings. The van der Waals surface area contributed by atoms with Crippen LogP contribution >= 0.6 is 11.8 Å². The molecule has 1 aromatic rings. The number of alkyl halides is 2. The van der Waals surface area contributed by atoms with E-state index < -0.39 is 24.0 Å². The lowest BCUT2D eigenvalue weighted by atomic mass is 9.48. The molecule has 5 fully saturated rings. The van der Waals surface area contributed by atoms with Crippen LogP contribution < -0.4 is 15.2 Å². The van der Waals surface area contributed by atoms with Gasteiger partial charge in [-0.3, -0.25) is 4.79 Å². The summed E-state index contributed by atoms with van der Waals surface area (Å²) >= 11 is 1.30. The number of carbonyl (C=O) groups excluding carboxylic acids is 1. The number of ether oxygens (including phenoxy) is 2. The van der Waals surface area contributed by atoms with Gasteiger partial charge in [0.15, 0.2) is 11.3 Å². The second kappa shape index (κ2) is 7.21. The number of nitrogens with two attached hydrogens (primary N) is 1. The molecule has 0 aliphatic heterocycles. The van der Waals surface area contributed by atoms with E-state index in [1.165, 1.54) is 37.1 Å². The van der Waals surface area contributed by atoms with Gasteiger partial charge in [0.1, 0.15) is 6.10 Å². The summed E-state index contributed by atoms with van der Waals surface area (Å²) in [7, 11) is 0. The highest BCUT2D eigenvalue weighted by atomic mass is 32.2. The molecule has 1 heterocycles. The molecule has 164 valence electrons. The van der Waals surface area contributed by atoms with Crippen LogP contribution in [0.3, 0.4) is 0 Å². The maximum Gasteiger partial charge on any atom is 0.259 e. The van der Waals surface area contributed by atoms with Crippen LogP contribution in [0.4, 0.5) is 8.78 Å². The molecule has 0 spiro atoms. The minimum absolute atomic E-state index is 0.193. The lowest BCUT2D eigenvalue weighted by Crippen LogP contribution is -2.57. The SMILES string of the molecule is CSc1nc(OC2CC(F)(F)C2)cc(OC(C(N)=O)C23CC4CC(CC(C4)C2)C3)n1. The van der Waals surface area contributed by atoms with Crippen LogP contribution in [0.5, 0.6) is 11.8 Å². The number of carbonyl (C=O) groups is 1. The first-order valence-corrected chi connectivity index (χ1v) is 11.9. The predicted octanol–water partition coefficient (Wildman–Crippen LogP) is 3.82. The van der Waals surface area contributed by atoms with Crippen molar-refractivity contribution in [1.29, 1.82) is 0 Å². The van der Waals surface area contributed by atoms with Crippen molar-refractivity contribution in [3.8, 4) is 11.8 Å². The lowest BCUT2D eigenvalue weighted by Gasteiger charge is -2.58. The van der Waals surface area contributed by atoms with Crippen molar-refractivity contribution in [2.75, 3.05) is 6.26 Å². The molecule has 5 aliphatic carbocycles. The summed E-state index contributed by atoms with van der Waals surface area (Å²) in [6.45, 7) is 0. The van der Waals surface area contributed by atoms with Gasteiger partial charge in [-0.25, -0.2) is 8.78 Å². The Balaban J connectivity index is 1.37. The number of nitrogens with zero attached hydrogens (tertiary/aromatic N) is 2. The van der Waals surface area contributed by atoms with E-state index in [9.17, 15) is 13.6 Å². The first-order chi connectivity index (χ1) is 14.2. The Morgan fingerprint density at radius 2 is 1.67 bits per heavy atom. The highest BCUT2D eigenvalue weighted by Gasteiger charge is 2.57. The third kappa shape index (κ3) is 3.74. The van der Waals surface area contributed by atoms with E-state index in [-0.39, 0.29) is 30.0 Å². The van der Waals surface area contributed by atoms with Crippen molar-refractivity contribution in [2.24, 2.45) is 28.9 Å². The summed E-state index contributed by atoms with van der Waals surface area (Å²) in [4.78, 5) is 21.1. The molecule has 0 radical (unpaired) electrons. The van der Waals surface area contributed by atoms with E-state index in [1.807, 2.05) is 6.26 Å².